The summed E-state index contributed by atoms with van der Waals surface area (Å²) < 4.78 is 0. The van der Waals surface area contributed by atoms with E-state index in [2.05, 4.69) is 36.1 Å². The van der Waals surface area contributed by atoms with Crippen LogP contribution in [0.4, 0.5) is 0 Å². The number of aliphatic carboxylic acids is 2. The number of carboxylic acids is 2. The molecule has 1 aromatic carbocycles. The number of carboxylic acid groups (broad SMARTS) is 2. The van der Waals surface area contributed by atoms with Gasteiger partial charge < -0.3 is 15.1 Å². The predicted molar refractivity (Wildman–Crippen MR) is 120 cm³/mol. The first-order chi connectivity index (χ1) is 14.5. The first-order valence-corrected chi connectivity index (χ1v) is 11.7. The minimum atomic E-state index is -1.60. The summed E-state index contributed by atoms with van der Waals surface area (Å²) in [6.07, 6.45) is 13.1. The van der Waals surface area contributed by atoms with E-state index in [9.17, 15) is 19.8 Å². The van der Waals surface area contributed by atoms with Crippen molar-refractivity contribution in [2.45, 2.75) is 84.0 Å². The van der Waals surface area contributed by atoms with Crippen molar-refractivity contribution in [2.75, 3.05) is 19.6 Å². The van der Waals surface area contributed by atoms with Gasteiger partial charge in [0.05, 0.1) is 0 Å². The van der Waals surface area contributed by atoms with E-state index in [0.29, 0.717) is 13.1 Å². The molecule has 0 aromatic heterocycles. The van der Waals surface area contributed by atoms with E-state index in [1.807, 2.05) is 0 Å². The van der Waals surface area contributed by atoms with Gasteiger partial charge in [0.15, 0.2) is 5.41 Å². The Kier molecular flexibility index (Phi) is 10.4. The molecule has 1 saturated heterocycles. The van der Waals surface area contributed by atoms with E-state index in [1.165, 1.54) is 62.5 Å². The summed E-state index contributed by atoms with van der Waals surface area (Å²) in [7, 11) is 0. The highest BCUT2D eigenvalue weighted by atomic mass is 16.4. The fourth-order valence-corrected chi connectivity index (χ4v) is 4.30. The van der Waals surface area contributed by atoms with Crippen LogP contribution in [0.25, 0.3) is 0 Å². The molecule has 0 radical (unpaired) electrons. The second kappa shape index (κ2) is 12.7. The summed E-state index contributed by atoms with van der Waals surface area (Å²) in [6, 6.07) is 8.85. The van der Waals surface area contributed by atoms with Crippen LogP contribution in [0.2, 0.25) is 0 Å². The highest BCUT2D eigenvalue weighted by Crippen LogP contribution is 2.32. The van der Waals surface area contributed by atoms with Crippen molar-refractivity contribution in [3.8, 4) is 0 Å². The van der Waals surface area contributed by atoms with Gasteiger partial charge in [-0.15, -0.1) is 0 Å². The van der Waals surface area contributed by atoms with E-state index in [0.717, 1.165) is 19.4 Å². The van der Waals surface area contributed by atoms with Gasteiger partial charge in [-0.1, -0.05) is 76.1 Å². The Morgan fingerprint density at radius 2 is 1.27 bits per heavy atom. The lowest BCUT2D eigenvalue weighted by Gasteiger charge is -2.35. The molecule has 1 heterocycles. The third-order valence-corrected chi connectivity index (χ3v) is 6.59. The number of piperidine rings is 1. The third kappa shape index (κ3) is 7.42. The normalized spacial score (nSPS) is 16.4. The van der Waals surface area contributed by atoms with Crippen LogP contribution in [0.15, 0.2) is 24.3 Å². The molecule has 1 fully saturated rings. The van der Waals surface area contributed by atoms with Gasteiger partial charge in [-0.2, -0.15) is 0 Å². The van der Waals surface area contributed by atoms with Crippen LogP contribution in [-0.4, -0.2) is 46.7 Å². The molecule has 1 aliphatic rings. The van der Waals surface area contributed by atoms with Crippen LogP contribution < -0.4 is 0 Å². The standard InChI is InChI=1S/C25H39NO4/c1-2-3-4-5-6-7-8-9-10-21-11-13-22(14-12-21)15-18-26-19-16-25(17-20-26,23(27)28)24(29)30/h11-14H,2-10,15-20H2,1H3,(H,27,28)(H,29,30). The Labute approximate surface area is 181 Å². The van der Waals surface area contributed by atoms with E-state index in [-0.39, 0.29) is 12.8 Å². The summed E-state index contributed by atoms with van der Waals surface area (Å²) >= 11 is 0. The molecule has 168 valence electrons. The summed E-state index contributed by atoms with van der Waals surface area (Å²) in [5.41, 5.74) is 1.08. The van der Waals surface area contributed by atoms with Crippen LogP contribution in [-0.2, 0) is 22.4 Å². The second-order valence-electron chi connectivity index (χ2n) is 8.83. The Balaban J connectivity index is 1.63. The summed E-state index contributed by atoms with van der Waals surface area (Å²) in [6.45, 7) is 4.14. The smallest absolute Gasteiger partial charge is 0.321 e. The number of likely N-dealkylation sites (tertiary alicyclic amines) is 1. The summed E-state index contributed by atoms with van der Waals surface area (Å²) in [5.74, 6) is -2.41. The zero-order chi connectivity index (χ0) is 21.8. The third-order valence-electron chi connectivity index (χ3n) is 6.59. The maximum Gasteiger partial charge on any atom is 0.321 e. The number of aryl methyl sites for hydroxylation is 1. The van der Waals surface area contributed by atoms with Gasteiger partial charge in [-0.05, 0) is 56.3 Å². The van der Waals surface area contributed by atoms with Crippen molar-refractivity contribution in [2.24, 2.45) is 5.41 Å². The number of unbranched alkanes of at least 4 members (excludes halogenated alkanes) is 7. The Hall–Kier alpha value is -1.88. The van der Waals surface area contributed by atoms with E-state index >= 15 is 0 Å². The number of benzene rings is 1. The molecular weight excluding hydrogens is 378 g/mol. The van der Waals surface area contributed by atoms with Gasteiger partial charge in [-0.25, -0.2) is 0 Å². The van der Waals surface area contributed by atoms with Crippen LogP contribution in [0.3, 0.4) is 0 Å². The van der Waals surface area contributed by atoms with Crippen LogP contribution >= 0.6 is 0 Å². The maximum absolute atomic E-state index is 11.4. The number of hydrogen-bond donors (Lipinski definition) is 2. The number of nitrogens with zero attached hydrogens (tertiary/aromatic N) is 1. The first kappa shape index (κ1) is 24.4. The highest BCUT2D eigenvalue weighted by Gasteiger charge is 2.48. The van der Waals surface area contributed by atoms with Crippen molar-refractivity contribution in [1.29, 1.82) is 0 Å². The molecule has 2 N–H and O–H groups in total. The zero-order valence-electron chi connectivity index (χ0n) is 18.6. The van der Waals surface area contributed by atoms with Gasteiger partial charge in [0.25, 0.3) is 0 Å². The molecule has 1 aromatic rings. The SMILES string of the molecule is CCCCCCCCCCc1ccc(CCN2CCC(C(=O)O)(C(=O)O)CC2)cc1. The van der Waals surface area contributed by atoms with Gasteiger partial charge in [0.2, 0.25) is 0 Å². The molecule has 0 aliphatic carbocycles. The van der Waals surface area contributed by atoms with Gasteiger partial charge >= 0.3 is 11.9 Å². The largest absolute Gasteiger partial charge is 0.480 e. The molecule has 0 amide bonds. The van der Waals surface area contributed by atoms with E-state index in [1.54, 1.807) is 0 Å². The van der Waals surface area contributed by atoms with Crippen molar-refractivity contribution in [1.82, 2.24) is 4.90 Å². The van der Waals surface area contributed by atoms with Crippen LogP contribution in [0.5, 0.6) is 0 Å². The molecule has 0 spiro atoms. The average molecular weight is 418 g/mol. The van der Waals surface area contributed by atoms with Crippen molar-refractivity contribution < 1.29 is 19.8 Å². The first-order valence-electron chi connectivity index (χ1n) is 11.7. The van der Waals surface area contributed by atoms with Gasteiger partial charge in [0, 0.05) is 6.54 Å². The molecule has 0 bridgehead atoms. The molecule has 0 atom stereocenters. The predicted octanol–water partition coefficient (Wildman–Crippen LogP) is 5.16. The van der Waals surface area contributed by atoms with Crippen LogP contribution in [0, 0.1) is 5.41 Å². The van der Waals surface area contributed by atoms with Gasteiger partial charge in [0.1, 0.15) is 0 Å². The molecule has 2 rings (SSSR count). The van der Waals surface area contributed by atoms with E-state index in [4.69, 9.17) is 0 Å². The molecule has 5 nitrogen and oxygen atoms in total. The zero-order valence-corrected chi connectivity index (χ0v) is 18.6. The fourth-order valence-electron chi connectivity index (χ4n) is 4.30. The van der Waals surface area contributed by atoms with Gasteiger partial charge in [-0.3, -0.25) is 9.59 Å². The topological polar surface area (TPSA) is 77.8 Å². The summed E-state index contributed by atoms with van der Waals surface area (Å²) in [5, 5.41) is 18.6. The number of carbonyl (C=O) groups is 2. The van der Waals surface area contributed by atoms with Crippen molar-refractivity contribution in [3.05, 3.63) is 35.4 Å². The number of hydrogen-bond acceptors (Lipinski definition) is 3. The Bertz CT molecular complexity index is 632. The quantitative estimate of drug-likeness (QED) is 0.323. The minimum absolute atomic E-state index is 0.176. The average Bonchev–Trinajstić information content (AvgIpc) is 2.75. The maximum atomic E-state index is 11.4. The Morgan fingerprint density at radius 1 is 0.800 bits per heavy atom. The molecule has 0 saturated carbocycles. The molecule has 0 unspecified atom stereocenters. The molecule has 30 heavy (non-hydrogen) atoms. The highest BCUT2D eigenvalue weighted by molar-refractivity contribution is 5.98. The lowest BCUT2D eigenvalue weighted by molar-refractivity contribution is -0.168. The van der Waals surface area contributed by atoms with E-state index < -0.39 is 17.4 Å². The second-order valence-corrected chi connectivity index (χ2v) is 8.83. The molecular formula is C25H39NO4. The van der Waals surface area contributed by atoms with Crippen molar-refractivity contribution >= 4 is 11.9 Å². The summed E-state index contributed by atoms with van der Waals surface area (Å²) in [4.78, 5) is 25.0. The Morgan fingerprint density at radius 3 is 1.77 bits per heavy atom. The van der Waals surface area contributed by atoms with Crippen LogP contribution in [0.1, 0.15) is 82.3 Å². The van der Waals surface area contributed by atoms with Crippen molar-refractivity contribution in [3.63, 3.8) is 0 Å². The monoisotopic (exact) mass is 417 g/mol. The fraction of sp³-hybridized carbons (Fsp3) is 0.680. The lowest BCUT2D eigenvalue weighted by Crippen LogP contribution is -2.49. The molecule has 5 heteroatoms. The number of rotatable bonds is 14. The lowest BCUT2D eigenvalue weighted by atomic mass is 9.78. The minimum Gasteiger partial charge on any atom is -0.480 e. The molecule has 1 aliphatic heterocycles.